The van der Waals surface area contributed by atoms with Crippen LogP contribution in [0, 0.1) is 5.92 Å². The van der Waals surface area contributed by atoms with Crippen LogP contribution in [-0.4, -0.2) is 27.8 Å². The molecule has 0 fully saturated rings. The molecule has 1 aromatic heterocycles. The van der Waals surface area contributed by atoms with Crippen LogP contribution < -0.4 is 10.6 Å². The van der Waals surface area contributed by atoms with Crippen molar-refractivity contribution in [3.8, 4) is 0 Å². The minimum Gasteiger partial charge on any atom is -0.362 e. The predicted octanol–water partition coefficient (Wildman–Crippen LogP) is 1.08. The number of thiocarbonyl (C=S) groups is 1. The summed E-state index contributed by atoms with van der Waals surface area (Å²) in [6, 6.07) is 0. The first-order chi connectivity index (χ1) is 7.59. The molecule has 0 aromatic carbocycles. The van der Waals surface area contributed by atoms with Crippen molar-refractivity contribution in [2.45, 2.75) is 20.3 Å². The van der Waals surface area contributed by atoms with Gasteiger partial charge < -0.3 is 15.2 Å². The molecule has 0 atom stereocenters. The fourth-order valence-electron chi connectivity index (χ4n) is 1.28. The Bertz CT molecular complexity index is 332. The Morgan fingerprint density at radius 2 is 2.25 bits per heavy atom. The Hall–Kier alpha value is -1.10. The van der Waals surface area contributed by atoms with E-state index in [-0.39, 0.29) is 0 Å². The zero-order valence-electron chi connectivity index (χ0n) is 10.2. The molecule has 0 radical (unpaired) electrons. The van der Waals surface area contributed by atoms with E-state index < -0.39 is 0 Å². The Labute approximate surface area is 102 Å². The maximum absolute atomic E-state index is 5.15. The maximum atomic E-state index is 5.15. The zero-order chi connectivity index (χ0) is 12.0. The van der Waals surface area contributed by atoms with Crippen molar-refractivity contribution in [1.29, 1.82) is 0 Å². The minimum absolute atomic E-state index is 0.606. The highest BCUT2D eigenvalue weighted by Gasteiger charge is 2.00. The van der Waals surface area contributed by atoms with Gasteiger partial charge in [0.1, 0.15) is 5.82 Å². The topological polar surface area (TPSA) is 41.9 Å². The van der Waals surface area contributed by atoms with Gasteiger partial charge in [-0.05, 0) is 18.1 Å². The van der Waals surface area contributed by atoms with Crippen molar-refractivity contribution in [2.75, 3.05) is 13.1 Å². The lowest BCUT2D eigenvalue weighted by molar-refractivity contribution is 0.618. The average molecular weight is 240 g/mol. The molecule has 0 aliphatic rings. The summed E-state index contributed by atoms with van der Waals surface area (Å²) in [5.74, 6) is 1.67. The van der Waals surface area contributed by atoms with E-state index in [2.05, 4.69) is 29.5 Å². The molecule has 1 rings (SSSR count). The van der Waals surface area contributed by atoms with Crippen molar-refractivity contribution in [3.63, 3.8) is 0 Å². The van der Waals surface area contributed by atoms with E-state index in [1.54, 1.807) is 0 Å². The smallest absolute Gasteiger partial charge is 0.166 e. The third kappa shape index (κ3) is 4.61. The molecular formula is C11H20N4S. The van der Waals surface area contributed by atoms with Gasteiger partial charge in [0.15, 0.2) is 5.11 Å². The molecule has 5 heteroatoms. The summed E-state index contributed by atoms with van der Waals surface area (Å²) in [5.41, 5.74) is 0. The number of nitrogens with one attached hydrogen (secondary N) is 2. The molecule has 0 aliphatic heterocycles. The van der Waals surface area contributed by atoms with Gasteiger partial charge >= 0.3 is 0 Å². The van der Waals surface area contributed by atoms with Crippen LogP contribution in [0.4, 0.5) is 0 Å². The average Bonchev–Trinajstić information content (AvgIpc) is 2.61. The fraction of sp³-hybridized carbons (Fsp3) is 0.636. The second-order valence-electron chi connectivity index (χ2n) is 4.24. The number of imidazole rings is 1. The van der Waals surface area contributed by atoms with Crippen molar-refractivity contribution in [3.05, 3.63) is 18.2 Å². The first-order valence-electron chi connectivity index (χ1n) is 5.57. The molecular weight excluding hydrogens is 220 g/mol. The molecule has 90 valence electrons. The Kier molecular flexibility index (Phi) is 5.25. The van der Waals surface area contributed by atoms with Gasteiger partial charge in [-0.3, -0.25) is 0 Å². The van der Waals surface area contributed by atoms with Crippen LogP contribution in [0.5, 0.6) is 0 Å². The molecule has 0 saturated heterocycles. The first kappa shape index (κ1) is 13.0. The Morgan fingerprint density at radius 1 is 1.50 bits per heavy atom. The van der Waals surface area contributed by atoms with E-state index in [4.69, 9.17) is 12.2 Å². The van der Waals surface area contributed by atoms with Crippen molar-refractivity contribution in [1.82, 2.24) is 20.2 Å². The van der Waals surface area contributed by atoms with Gasteiger partial charge in [0.2, 0.25) is 0 Å². The number of aromatic nitrogens is 2. The quantitative estimate of drug-likeness (QED) is 0.756. The van der Waals surface area contributed by atoms with Gasteiger partial charge in [0.05, 0.1) is 0 Å². The molecule has 1 aromatic rings. The second-order valence-corrected chi connectivity index (χ2v) is 4.64. The van der Waals surface area contributed by atoms with E-state index in [0.29, 0.717) is 5.92 Å². The molecule has 1 heterocycles. The van der Waals surface area contributed by atoms with Gasteiger partial charge in [-0.25, -0.2) is 4.98 Å². The molecule has 0 amide bonds. The van der Waals surface area contributed by atoms with Crippen LogP contribution in [0.3, 0.4) is 0 Å². The number of aryl methyl sites for hydroxylation is 1. The second kappa shape index (κ2) is 6.48. The Balaban J connectivity index is 2.16. The minimum atomic E-state index is 0.606. The molecule has 16 heavy (non-hydrogen) atoms. The van der Waals surface area contributed by atoms with Gasteiger partial charge in [-0.1, -0.05) is 13.8 Å². The Morgan fingerprint density at radius 3 is 2.81 bits per heavy atom. The largest absolute Gasteiger partial charge is 0.362 e. The highest BCUT2D eigenvalue weighted by Crippen LogP contribution is 1.94. The van der Waals surface area contributed by atoms with Crippen LogP contribution in [0.25, 0.3) is 0 Å². The normalized spacial score (nSPS) is 10.5. The molecule has 0 saturated carbocycles. The third-order valence-corrected chi connectivity index (χ3v) is 2.51. The van der Waals surface area contributed by atoms with Gasteiger partial charge in [-0.15, -0.1) is 0 Å². The van der Waals surface area contributed by atoms with Crippen LogP contribution in [0.2, 0.25) is 0 Å². The van der Waals surface area contributed by atoms with E-state index >= 15 is 0 Å². The first-order valence-corrected chi connectivity index (χ1v) is 5.98. The summed E-state index contributed by atoms with van der Waals surface area (Å²) in [5, 5.41) is 7.07. The highest BCUT2D eigenvalue weighted by molar-refractivity contribution is 7.80. The van der Waals surface area contributed by atoms with E-state index in [1.807, 2.05) is 24.0 Å². The molecule has 0 bridgehead atoms. The molecule has 0 unspecified atom stereocenters. The molecule has 4 nitrogen and oxygen atoms in total. The van der Waals surface area contributed by atoms with Crippen molar-refractivity contribution < 1.29 is 0 Å². The lowest BCUT2D eigenvalue weighted by atomic mass is 10.2. The van der Waals surface area contributed by atoms with Crippen LogP contribution >= 0.6 is 12.2 Å². The summed E-state index contributed by atoms with van der Waals surface area (Å²) in [6.45, 7) is 6.04. The molecule has 0 spiro atoms. The van der Waals surface area contributed by atoms with Gasteiger partial charge in [-0.2, -0.15) is 0 Å². The van der Waals surface area contributed by atoms with Crippen LogP contribution in [-0.2, 0) is 13.5 Å². The highest BCUT2D eigenvalue weighted by atomic mass is 32.1. The summed E-state index contributed by atoms with van der Waals surface area (Å²) in [7, 11) is 2.00. The van der Waals surface area contributed by atoms with Crippen molar-refractivity contribution >= 4 is 17.3 Å². The van der Waals surface area contributed by atoms with Gasteiger partial charge in [0.25, 0.3) is 0 Å². The summed E-state index contributed by atoms with van der Waals surface area (Å²) < 4.78 is 2.02. The number of rotatable bonds is 5. The zero-order valence-corrected chi connectivity index (χ0v) is 11.0. The van der Waals surface area contributed by atoms with Crippen molar-refractivity contribution in [2.24, 2.45) is 13.0 Å². The molecule has 2 N–H and O–H groups in total. The molecule has 0 aliphatic carbocycles. The van der Waals surface area contributed by atoms with Gasteiger partial charge in [0, 0.05) is 39.0 Å². The summed E-state index contributed by atoms with van der Waals surface area (Å²) in [6.07, 6.45) is 4.64. The third-order valence-electron chi connectivity index (χ3n) is 2.23. The van der Waals surface area contributed by atoms with Crippen LogP contribution in [0.1, 0.15) is 19.7 Å². The van der Waals surface area contributed by atoms with E-state index in [1.165, 1.54) is 0 Å². The number of hydrogen-bond acceptors (Lipinski definition) is 2. The SMILES string of the molecule is CC(C)CNC(=S)NCCc1nccn1C. The van der Waals surface area contributed by atoms with E-state index in [0.717, 1.165) is 30.4 Å². The lowest BCUT2D eigenvalue weighted by Gasteiger charge is -2.11. The monoisotopic (exact) mass is 240 g/mol. The lowest BCUT2D eigenvalue weighted by Crippen LogP contribution is -2.38. The maximum Gasteiger partial charge on any atom is 0.166 e. The summed E-state index contributed by atoms with van der Waals surface area (Å²) in [4.78, 5) is 4.25. The number of nitrogens with zero attached hydrogens (tertiary/aromatic N) is 2. The van der Waals surface area contributed by atoms with E-state index in [9.17, 15) is 0 Å². The standard InChI is InChI=1S/C11H20N4S/c1-9(2)8-14-11(16)13-5-4-10-12-6-7-15(10)3/h6-7,9H,4-5,8H2,1-3H3,(H2,13,14,16). The number of hydrogen-bond donors (Lipinski definition) is 2. The summed E-state index contributed by atoms with van der Waals surface area (Å²) >= 11 is 5.15. The van der Waals surface area contributed by atoms with Crippen LogP contribution in [0.15, 0.2) is 12.4 Å². The fourth-order valence-corrected chi connectivity index (χ4v) is 1.47. The predicted molar refractivity (Wildman–Crippen MR) is 70.4 cm³/mol.